The fourth-order valence-electron chi connectivity index (χ4n) is 2.80. The highest BCUT2D eigenvalue weighted by Gasteiger charge is 2.26. The van der Waals surface area contributed by atoms with Crippen LogP contribution >= 0.6 is 11.6 Å². The smallest absolute Gasteiger partial charge is 0.255 e. The number of hydrogen-bond acceptors (Lipinski definition) is 4. The van der Waals surface area contributed by atoms with Crippen LogP contribution in [-0.2, 0) is 21.4 Å². The van der Waals surface area contributed by atoms with Gasteiger partial charge in [0, 0.05) is 11.6 Å². The van der Waals surface area contributed by atoms with Crippen LogP contribution in [0.2, 0.25) is 5.02 Å². The van der Waals surface area contributed by atoms with Crippen LogP contribution in [0.3, 0.4) is 0 Å². The minimum absolute atomic E-state index is 0.0426. The van der Waals surface area contributed by atoms with E-state index in [-0.39, 0.29) is 18.0 Å². The molecule has 6 nitrogen and oxygen atoms in total. The molecule has 0 atom stereocenters. The van der Waals surface area contributed by atoms with Crippen LogP contribution in [0.4, 0.5) is 0 Å². The molecule has 0 radical (unpaired) electrons. The number of benzene rings is 3. The Bertz CT molecular complexity index is 1150. The van der Waals surface area contributed by atoms with E-state index in [2.05, 4.69) is 10.5 Å². The van der Waals surface area contributed by atoms with Gasteiger partial charge in [0.15, 0.2) is 0 Å². The highest BCUT2D eigenvalue weighted by molar-refractivity contribution is 7.89. The molecule has 0 aliphatic carbocycles. The normalized spacial score (nSPS) is 11.7. The number of nitrogens with zero attached hydrogens (tertiary/aromatic N) is 2. The third-order valence-electron chi connectivity index (χ3n) is 4.45. The van der Waals surface area contributed by atoms with Crippen molar-refractivity contribution in [1.29, 1.82) is 0 Å². The summed E-state index contributed by atoms with van der Waals surface area (Å²) < 4.78 is 27.5. The average Bonchev–Trinajstić information content (AvgIpc) is 2.76. The van der Waals surface area contributed by atoms with Gasteiger partial charge < -0.3 is 0 Å². The summed E-state index contributed by atoms with van der Waals surface area (Å²) in [7, 11) is -3.93. The van der Waals surface area contributed by atoms with Crippen LogP contribution in [-0.4, -0.2) is 31.4 Å². The molecule has 1 amide bonds. The Kier molecular flexibility index (Phi) is 7.57. The van der Waals surface area contributed by atoms with Crippen LogP contribution in [0.5, 0.6) is 0 Å². The van der Waals surface area contributed by atoms with Gasteiger partial charge in [-0.1, -0.05) is 71.8 Å². The lowest BCUT2D eigenvalue weighted by Crippen LogP contribution is -2.39. The first-order chi connectivity index (χ1) is 14.8. The van der Waals surface area contributed by atoms with Crippen LogP contribution in [0.1, 0.15) is 16.7 Å². The highest BCUT2D eigenvalue weighted by Crippen LogP contribution is 2.20. The number of hydrogen-bond donors (Lipinski definition) is 1. The fraction of sp³-hybridized carbons (Fsp3) is 0.130. The summed E-state index contributed by atoms with van der Waals surface area (Å²) in [6.07, 6.45) is 1.51. The van der Waals surface area contributed by atoms with Gasteiger partial charge in [0.25, 0.3) is 5.91 Å². The molecular formula is C23H22ClN3O3S. The number of carbonyl (C=O) groups excluding carboxylic acids is 1. The van der Waals surface area contributed by atoms with Gasteiger partial charge in [-0.05, 0) is 42.3 Å². The molecule has 0 aliphatic heterocycles. The summed E-state index contributed by atoms with van der Waals surface area (Å²) in [5.41, 5.74) is 5.09. The number of halogens is 1. The molecule has 3 rings (SSSR count). The first kappa shape index (κ1) is 22.7. The van der Waals surface area contributed by atoms with Crippen molar-refractivity contribution >= 4 is 33.7 Å². The molecule has 0 aliphatic rings. The Labute approximate surface area is 187 Å². The topological polar surface area (TPSA) is 78.8 Å². The Hall–Kier alpha value is -3.00. The second-order valence-corrected chi connectivity index (χ2v) is 9.29. The number of nitrogens with one attached hydrogen (secondary N) is 1. The average molecular weight is 456 g/mol. The second kappa shape index (κ2) is 10.3. The molecule has 0 heterocycles. The highest BCUT2D eigenvalue weighted by atomic mass is 35.5. The summed E-state index contributed by atoms with van der Waals surface area (Å²) in [4.78, 5) is 12.5. The van der Waals surface area contributed by atoms with Crippen molar-refractivity contribution in [3.63, 3.8) is 0 Å². The van der Waals surface area contributed by atoms with Crippen molar-refractivity contribution in [2.45, 2.75) is 18.4 Å². The third-order valence-corrected chi connectivity index (χ3v) is 6.51. The largest absolute Gasteiger partial charge is 0.272 e. The van der Waals surface area contributed by atoms with E-state index in [4.69, 9.17) is 11.6 Å². The Morgan fingerprint density at radius 1 is 1.00 bits per heavy atom. The van der Waals surface area contributed by atoms with Gasteiger partial charge in [0.05, 0.1) is 17.7 Å². The number of aryl methyl sites for hydroxylation is 1. The standard InChI is InChI=1S/C23H22ClN3O3S/c1-18-7-9-19(10-8-18)15-25-26-23(28)17-27(16-20-5-3-2-4-6-20)31(29,30)22-13-11-21(24)12-14-22/h2-15H,16-17H2,1H3,(H,26,28)/b25-15-. The van der Waals surface area contributed by atoms with E-state index < -0.39 is 15.9 Å². The van der Waals surface area contributed by atoms with Crippen molar-refractivity contribution in [3.8, 4) is 0 Å². The van der Waals surface area contributed by atoms with E-state index in [0.717, 1.165) is 21.0 Å². The molecule has 0 spiro atoms. The molecule has 3 aromatic rings. The first-order valence-corrected chi connectivity index (χ1v) is 11.3. The SMILES string of the molecule is Cc1ccc(/C=N\NC(=O)CN(Cc2ccccc2)S(=O)(=O)c2ccc(Cl)cc2)cc1. The molecule has 0 unspecified atom stereocenters. The Morgan fingerprint density at radius 3 is 2.29 bits per heavy atom. The van der Waals surface area contributed by atoms with Crippen molar-refractivity contribution in [2.24, 2.45) is 5.10 Å². The Morgan fingerprint density at radius 2 is 1.65 bits per heavy atom. The quantitative estimate of drug-likeness (QED) is 0.412. The molecule has 0 bridgehead atoms. The summed E-state index contributed by atoms with van der Waals surface area (Å²) in [5.74, 6) is -0.545. The predicted octanol–water partition coefficient (Wildman–Crippen LogP) is 3.99. The molecule has 160 valence electrons. The maximum absolute atomic E-state index is 13.2. The van der Waals surface area contributed by atoms with Gasteiger partial charge in [-0.2, -0.15) is 9.41 Å². The fourth-order valence-corrected chi connectivity index (χ4v) is 4.31. The minimum atomic E-state index is -3.93. The van der Waals surface area contributed by atoms with E-state index in [1.165, 1.54) is 30.5 Å². The summed E-state index contributed by atoms with van der Waals surface area (Å²) >= 11 is 5.88. The van der Waals surface area contributed by atoms with Crippen LogP contribution < -0.4 is 5.43 Å². The van der Waals surface area contributed by atoms with Crippen LogP contribution in [0, 0.1) is 6.92 Å². The van der Waals surface area contributed by atoms with E-state index >= 15 is 0 Å². The number of rotatable bonds is 8. The summed E-state index contributed by atoms with van der Waals surface area (Å²) in [5, 5.41) is 4.36. The van der Waals surface area contributed by atoms with Crippen molar-refractivity contribution in [1.82, 2.24) is 9.73 Å². The first-order valence-electron chi connectivity index (χ1n) is 9.53. The molecule has 0 saturated carbocycles. The zero-order valence-corrected chi connectivity index (χ0v) is 18.5. The van der Waals surface area contributed by atoms with Gasteiger partial charge >= 0.3 is 0 Å². The lowest BCUT2D eigenvalue weighted by Gasteiger charge is -2.21. The lowest BCUT2D eigenvalue weighted by atomic mass is 10.2. The van der Waals surface area contributed by atoms with Crippen molar-refractivity contribution in [2.75, 3.05) is 6.54 Å². The number of carbonyl (C=O) groups is 1. The van der Waals surface area contributed by atoms with Gasteiger partial charge in [0.2, 0.25) is 10.0 Å². The molecular weight excluding hydrogens is 434 g/mol. The third kappa shape index (κ3) is 6.49. The van der Waals surface area contributed by atoms with Gasteiger partial charge in [-0.3, -0.25) is 4.79 Å². The summed E-state index contributed by atoms with van der Waals surface area (Å²) in [6, 6.07) is 22.5. The van der Waals surface area contributed by atoms with E-state index in [9.17, 15) is 13.2 Å². The molecule has 1 N–H and O–H groups in total. The maximum atomic E-state index is 13.2. The van der Waals surface area contributed by atoms with Gasteiger partial charge in [-0.25, -0.2) is 13.8 Å². The van der Waals surface area contributed by atoms with Crippen molar-refractivity contribution in [3.05, 3.63) is 101 Å². The van der Waals surface area contributed by atoms with Gasteiger partial charge in [-0.15, -0.1) is 0 Å². The van der Waals surface area contributed by atoms with Crippen LogP contribution in [0.25, 0.3) is 0 Å². The zero-order chi connectivity index (χ0) is 22.3. The van der Waals surface area contributed by atoms with Gasteiger partial charge in [0.1, 0.15) is 0 Å². The predicted molar refractivity (Wildman–Crippen MR) is 122 cm³/mol. The molecule has 3 aromatic carbocycles. The van der Waals surface area contributed by atoms with Crippen molar-refractivity contribution < 1.29 is 13.2 Å². The van der Waals surface area contributed by atoms with Crippen LogP contribution in [0.15, 0.2) is 88.9 Å². The summed E-state index contributed by atoms with van der Waals surface area (Å²) in [6.45, 7) is 1.64. The number of amides is 1. The molecule has 31 heavy (non-hydrogen) atoms. The Balaban J connectivity index is 1.76. The molecule has 0 aromatic heterocycles. The molecule has 0 saturated heterocycles. The number of sulfonamides is 1. The molecule has 8 heteroatoms. The molecule has 0 fully saturated rings. The minimum Gasteiger partial charge on any atom is -0.272 e. The maximum Gasteiger partial charge on any atom is 0.255 e. The zero-order valence-electron chi connectivity index (χ0n) is 16.9. The van der Waals surface area contributed by atoms with E-state index in [0.29, 0.717) is 5.02 Å². The van der Waals surface area contributed by atoms with E-state index in [1.807, 2.05) is 49.4 Å². The number of hydrazone groups is 1. The lowest BCUT2D eigenvalue weighted by molar-refractivity contribution is -0.121. The second-order valence-electron chi connectivity index (χ2n) is 6.92. The monoisotopic (exact) mass is 455 g/mol. The van der Waals surface area contributed by atoms with E-state index in [1.54, 1.807) is 12.1 Å².